The van der Waals surface area contributed by atoms with Gasteiger partial charge in [0.1, 0.15) is 12.4 Å². The van der Waals surface area contributed by atoms with Crippen LogP contribution in [0.3, 0.4) is 0 Å². The molecule has 3 rings (SSSR count). The van der Waals surface area contributed by atoms with E-state index in [1.165, 1.54) is 0 Å². The Labute approximate surface area is 157 Å². The SMILES string of the molecule is CN(CCOc1ccc(Cl)cc1)C(=O)Nc1ccc2c(c1)OCCCO2. The minimum absolute atomic E-state index is 0.223. The van der Waals surface area contributed by atoms with Crippen LogP contribution in [0.5, 0.6) is 17.2 Å². The summed E-state index contributed by atoms with van der Waals surface area (Å²) in [5.41, 5.74) is 0.657. The molecular formula is C19H21ClN2O4. The van der Waals surface area contributed by atoms with Crippen molar-refractivity contribution in [2.75, 3.05) is 38.7 Å². The molecule has 2 aromatic rings. The molecule has 0 atom stereocenters. The predicted molar refractivity (Wildman–Crippen MR) is 101 cm³/mol. The third kappa shape index (κ3) is 4.95. The van der Waals surface area contributed by atoms with E-state index in [0.717, 1.165) is 6.42 Å². The molecule has 6 nitrogen and oxygen atoms in total. The van der Waals surface area contributed by atoms with E-state index >= 15 is 0 Å². The Kier molecular flexibility index (Phi) is 6.07. The molecule has 1 aliphatic rings. The average Bonchev–Trinajstić information content (AvgIpc) is 2.88. The molecule has 0 spiro atoms. The van der Waals surface area contributed by atoms with E-state index in [4.69, 9.17) is 25.8 Å². The molecule has 1 aliphatic heterocycles. The fourth-order valence-electron chi connectivity index (χ4n) is 2.39. The molecule has 0 unspecified atom stereocenters. The van der Waals surface area contributed by atoms with Gasteiger partial charge in [-0.2, -0.15) is 0 Å². The van der Waals surface area contributed by atoms with Gasteiger partial charge in [-0.05, 0) is 36.4 Å². The molecule has 26 heavy (non-hydrogen) atoms. The maximum atomic E-state index is 12.3. The lowest BCUT2D eigenvalue weighted by atomic mass is 10.3. The van der Waals surface area contributed by atoms with Gasteiger partial charge in [-0.1, -0.05) is 11.6 Å². The van der Waals surface area contributed by atoms with Gasteiger partial charge in [0, 0.05) is 30.2 Å². The summed E-state index contributed by atoms with van der Waals surface area (Å²) in [6, 6.07) is 12.3. The first-order chi connectivity index (χ1) is 12.6. The maximum absolute atomic E-state index is 12.3. The van der Waals surface area contributed by atoms with Crippen LogP contribution in [0.4, 0.5) is 10.5 Å². The van der Waals surface area contributed by atoms with E-state index in [1.54, 1.807) is 54.4 Å². The number of rotatable bonds is 5. The summed E-state index contributed by atoms with van der Waals surface area (Å²) in [5, 5.41) is 3.50. The Balaban J connectivity index is 1.49. The summed E-state index contributed by atoms with van der Waals surface area (Å²) in [6.07, 6.45) is 0.840. The third-order valence-corrected chi connectivity index (χ3v) is 4.11. The Morgan fingerprint density at radius 2 is 1.88 bits per heavy atom. The van der Waals surface area contributed by atoms with E-state index in [-0.39, 0.29) is 6.03 Å². The fraction of sp³-hybridized carbons (Fsp3) is 0.316. The molecule has 2 amide bonds. The number of likely N-dealkylation sites (N-methyl/N-ethyl adjacent to an activating group) is 1. The number of hydrogen-bond donors (Lipinski definition) is 1. The Bertz CT molecular complexity index is 752. The normalized spacial score (nSPS) is 12.8. The highest BCUT2D eigenvalue weighted by Crippen LogP contribution is 2.32. The highest BCUT2D eigenvalue weighted by molar-refractivity contribution is 6.30. The maximum Gasteiger partial charge on any atom is 0.321 e. The molecule has 0 bridgehead atoms. The molecular weight excluding hydrogens is 356 g/mol. The van der Waals surface area contributed by atoms with Crippen LogP contribution in [0.15, 0.2) is 42.5 Å². The van der Waals surface area contributed by atoms with Crippen molar-refractivity contribution < 1.29 is 19.0 Å². The van der Waals surface area contributed by atoms with Crippen LogP contribution < -0.4 is 19.5 Å². The molecule has 138 valence electrons. The molecule has 1 N–H and O–H groups in total. The van der Waals surface area contributed by atoms with Gasteiger partial charge in [0.2, 0.25) is 0 Å². The Morgan fingerprint density at radius 1 is 1.15 bits per heavy atom. The van der Waals surface area contributed by atoms with Crippen molar-refractivity contribution >= 4 is 23.3 Å². The average molecular weight is 377 g/mol. The van der Waals surface area contributed by atoms with Gasteiger partial charge in [0.25, 0.3) is 0 Å². The first-order valence-corrected chi connectivity index (χ1v) is 8.80. The zero-order valence-electron chi connectivity index (χ0n) is 14.5. The van der Waals surface area contributed by atoms with Gasteiger partial charge >= 0.3 is 6.03 Å². The molecule has 7 heteroatoms. The molecule has 0 radical (unpaired) electrons. The highest BCUT2D eigenvalue weighted by Gasteiger charge is 2.13. The van der Waals surface area contributed by atoms with Gasteiger partial charge in [-0.25, -0.2) is 4.79 Å². The van der Waals surface area contributed by atoms with E-state index in [0.29, 0.717) is 54.3 Å². The first-order valence-electron chi connectivity index (χ1n) is 8.42. The topological polar surface area (TPSA) is 60.0 Å². The molecule has 0 fully saturated rings. The van der Waals surface area contributed by atoms with Crippen LogP contribution in [0, 0.1) is 0 Å². The molecule has 0 saturated heterocycles. The van der Waals surface area contributed by atoms with Gasteiger partial charge in [0.05, 0.1) is 19.8 Å². The van der Waals surface area contributed by atoms with Gasteiger partial charge in [0.15, 0.2) is 11.5 Å². The number of carbonyl (C=O) groups is 1. The minimum atomic E-state index is -0.223. The molecule has 0 aromatic heterocycles. The lowest BCUT2D eigenvalue weighted by molar-refractivity contribution is 0.207. The molecule has 2 aromatic carbocycles. The lowest BCUT2D eigenvalue weighted by Crippen LogP contribution is -2.34. The van der Waals surface area contributed by atoms with Crippen LogP contribution in [-0.4, -0.2) is 44.3 Å². The number of halogens is 1. The summed E-state index contributed by atoms with van der Waals surface area (Å²) in [7, 11) is 1.71. The number of anilines is 1. The second kappa shape index (κ2) is 8.67. The molecule has 0 saturated carbocycles. The number of urea groups is 1. The smallest absolute Gasteiger partial charge is 0.321 e. The van der Waals surface area contributed by atoms with E-state index < -0.39 is 0 Å². The van der Waals surface area contributed by atoms with Crippen LogP contribution in [0.2, 0.25) is 5.02 Å². The van der Waals surface area contributed by atoms with E-state index in [1.807, 2.05) is 0 Å². The number of nitrogens with zero attached hydrogens (tertiary/aromatic N) is 1. The van der Waals surface area contributed by atoms with Gasteiger partial charge < -0.3 is 24.4 Å². The Hall–Kier alpha value is -2.60. The van der Waals surface area contributed by atoms with E-state index in [2.05, 4.69) is 5.32 Å². The van der Waals surface area contributed by atoms with Crippen molar-refractivity contribution in [2.24, 2.45) is 0 Å². The summed E-state index contributed by atoms with van der Waals surface area (Å²) in [4.78, 5) is 13.9. The zero-order valence-corrected chi connectivity index (χ0v) is 15.3. The lowest BCUT2D eigenvalue weighted by Gasteiger charge is -2.19. The van der Waals surface area contributed by atoms with Crippen LogP contribution in [0.1, 0.15) is 6.42 Å². The van der Waals surface area contributed by atoms with Gasteiger partial charge in [-0.15, -0.1) is 0 Å². The third-order valence-electron chi connectivity index (χ3n) is 3.85. The second-order valence-corrected chi connectivity index (χ2v) is 6.30. The highest BCUT2D eigenvalue weighted by atomic mass is 35.5. The number of carbonyl (C=O) groups excluding carboxylic acids is 1. The zero-order chi connectivity index (χ0) is 18.4. The standard InChI is InChI=1S/C19H21ClN2O4/c1-22(9-12-24-16-6-3-14(20)4-7-16)19(23)21-15-5-8-17-18(13-15)26-11-2-10-25-17/h3-8,13H,2,9-12H2,1H3,(H,21,23). The first kappa shape index (κ1) is 18.2. The molecule has 0 aliphatic carbocycles. The Morgan fingerprint density at radius 3 is 2.65 bits per heavy atom. The number of amides is 2. The minimum Gasteiger partial charge on any atom is -0.492 e. The number of fused-ring (bicyclic) bond motifs is 1. The number of hydrogen-bond acceptors (Lipinski definition) is 4. The second-order valence-electron chi connectivity index (χ2n) is 5.87. The van der Waals surface area contributed by atoms with Crippen molar-refractivity contribution in [3.05, 3.63) is 47.5 Å². The van der Waals surface area contributed by atoms with Crippen LogP contribution >= 0.6 is 11.6 Å². The largest absolute Gasteiger partial charge is 0.492 e. The fourth-order valence-corrected chi connectivity index (χ4v) is 2.52. The number of benzene rings is 2. The van der Waals surface area contributed by atoms with Crippen molar-refractivity contribution in [2.45, 2.75) is 6.42 Å². The summed E-state index contributed by atoms with van der Waals surface area (Å²) < 4.78 is 16.8. The summed E-state index contributed by atoms with van der Waals surface area (Å²) >= 11 is 5.83. The van der Waals surface area contributed by atoms with Crippen LogP contribution in [-0.2, 0) is 0 Å². The number of nitrogens with one attached hydrogen (secondary N) is 1. The quantitative estimate of drug-likeness (QED) is 0.855. The molecule has 1 heterocycles. The summed E-state index contributed by atoms with van der Waals surface area (Å²) in [5.74, 6) is 2.06. The summed E-state index contributed by atoms with van der Waals surface area (Å²) in [6.45, 7) is 2.06. The van der Waals surface area contributed by atoms with E-state index in [9.17, 15) is 4.79 Å². The number of ether oxygens (including phenoxy) is 3. The van der Waals surface area contributed by atoms with Crippen molar-refractivity contribution in [3.8, 4) is 17.2 Å². The van der Waals surface area contributed by atoms with Crippen molar-refractivity contribution in [3.63, 3.8) is 0 Å². The van der Waals surface area contributed by atoms with Gasteiger partial charge in [-0.3, -0.25) is 0 Å². The predicted octanol–water partition coefficient (Wildman–Crippen LogP) is 4.04. The van der Waals surface area contributed by atoms with Crippen LogP contribution in [0.25, 0.3) is 0 Å². The van der Waals surface area contributed by atoms with Crippen molar-refractivity contribution in [1.82, 2.24) is 4.90 Å². The monoisotopic (exact) mass is 376 g/mol. The van der Waals surface area contributed by atoms with Crippen molar-refractivity contribution in [1.29, 1.82) is 0 Å².